The fourth-order valence-corrected chi connectivity index (χ4v) is 5.55. The highest BCUT2D eigenvalue weighted by molar-refractivity contribution is 7.92. The van der Waals surface area contributed by atoms with E-state index in [1.807, 2.05) is 0 Å². The molecule has 0 aliphatic carbocycles. The van der Waals surface area contributed by atoms with E-state index in [1.54, 1.807) is 13.8 Å². The zero-order valence-electron chi connectivity index (χ0n) is 14.1. The third kappa shape index (κ3) is 4.69. The molecule has 0 atom stereocenters. The zero-order valence-corrected chi connectivity index (χ0v) is 17.3. The lowest BCUT2D eigenvalue weighted by molar-refractivity contribution is 0.445. The highest BCUT2D eigenvalue weighted by Gasteiger charge is 2.22. The molecule has 6 nitrogen and oxygen atoms in total. The number of hydrogen-bond donors (Lipinski definition) is 1. The lowest BCUT2D eigenvalue weighted by Crippen LogP contribution is -2.30. The molecule has 0 saturated heterocycles. The van der Waals surface area contributed by atoms with Gasteiger partial charge in [-0.05, 0) is 42.5 Å². The molecule has 0 amide bonds. The molecule has 1 N–H and O–H groups in total. The zero-order chi connectivity index (χ0) is 19.5. The minimum atomic E-state index is -3.91. The van der Waals surface area contributed by atoms with Gasteiger partial charge >= 0.3 is 0 Å². The first kappa shape index (κ1) is 21.0. The monoisotopic (exact) mass is 436 g/mol. The number of rotatable bonds is 7. The molecule has 0 unspecified atom stereocenters. The maximum atomic E-state index is 12.4. The number of benzene rings is 2. The SMILES string of the molecule is CCN(CC)S(=O)(=O)c1ccc(NS(=O)(=O)c2cc(Cl)cc(Cl)c2)cc1. The Morgan fingerprint density at radius 3 is 1.81 bits per heavy atom. The molecule has 0 bridgehead atoms. The van der Waals surface area contributed by atoms with Crippen LogP contribution >= 0.6 is 23.2 Å². The Labute approximate surface area is 163 Å². The second-order valence-corrected chi connectivity index (χ2v) is 9.82. The van der Waals surface area contributed by atoms with Gasteiger partial charge in [0.2, 0.25) is 10.0 Å². The van der Waals surface area contributed by atoms with Crippen LogP contribution in [0.4, 0.5) is 5.69 Å². The summed E-state index contributed by atoms with van der Waals surface area (Å²) in [6, 6.07) is 9.46. The van der Waals surface area contributed by atoms with Gasteiger partial charge in [0.25, 0.3) is 10.0 Å². The molecule has 0 aliphatic rings. The highest BCUT2D eigenvalue weighted by Crippen LogP contribution is 2.25. The molecule has 2 rings (SSSR count). The number of anilines is 1. The predicted octanol–water partition coefficient (Wildman–Crippen LogP) is 3.82. The normalized spacial score (nSPS) is 12.3. The van der Waals surface area contributed by atoms with Gasteiger partial charge in [-0.25, -0.2) is 16.8 Å². The first-order chi connectivity index (χ1) is 12.1. The summed E-state index contributed by atoms with van der Waals surface area (Å²) >= 11 is 11.7. The van der Waals surface area contributed by atoms with Gasteiger partial charge in [-0.2, -0.15) is 4.31 Å². The minimum absolute atomic E-state index is 0.0881. The van der Waals surface area contributed by atoms with Gasteiger partial charge in [-0.3, -0.25) is 4.72 Å². The molecule has 10 heteroatoms. The van der Waals surface area contributed by atoms with Crippen LogP contribution in [0.25, 0.3) is 0 Å². The molecule has 0 radical (unpaired) electrons. The molecule has 2 aromatic rings. The van der Waals surface area contributed by atoms with Gasteiger partial charge in [0.05, 0.1) is 9.79 Å². The molecule has 0 spiro atoms. The van der Waals surface area contributed by atoms with E-state index >= 15 is 0 Å². The molecule has 0 saturated carbocycles. The summed E-state index contributed by atoms with van der Waals surface area (Å²) in [4.78, 5) is 0.00443. The molecule has 0 fully saturated rings. The van der Waals surface area contributed by atoms with Crippen LogP contribution in [-0.2, 0) is 20.0 Å². The third-order valence-electron chi connectivity index (χ3n) is 3.60. The van der Waals surface area contributed by atoms with Gasteiger partial charge in [0.1, 0.15) is 0 Å². The van der Waals surface area contributed by atoms with E-state index in [9.17, 15) is 16.8 Å². The smallest absolute Gasteiger partial charge is 0.261 e. The quantitative estimate of drug-likeness (QED) is 0.714. The molecule has 2 aromatic carbocycles. The van der Waals surface area contributed by atoms with Gasteiger partial charge in [-0.1, -0.05) is 37.0 Å². The summed E-state index contributed by atoms with van der Waals surface area (Å²) in [7, 11) is -7.51. The van der Waals surface area contributed by atoms with Crippen LogP contribution < -0.4 is 4.72 Å². The molecule has 26 heavy (non-hydrogen) atoms. The fourth-order valence-electron chi connectivity index (χ4n) is 2.31. The largest absolute Gasteiger partial charge is 0.280 e. The van der Waals surface area contributed by atoms with Gasteiger partial charge in [0.15, 0.2) is 0 Å². The van der Waals surface area contributed by atoms with E-state index in [-0.39, 0.29) is 25.5 Å². The average Bonchev–Trinajstić information content (AvgIpc) is 2.55. The van der Waals surface area contributed by atoms with Crippen molar-refractivity contribution in [1.29, 1.82) is 0 Å². The van der Waals surface area contributed by atoms with Crippen LogP contribution in [0.1, 0.15) is 13.8 Å². The van der Waals surface area contributed by atoms with Crippen molar-refractivity contribution in [1.82, 2.24) is 4.31 Å². The number of sulfonamides is 2. The van der Waals surface area contributed by atoms with E-state index in [2.05, 4.69) is 4.72 Å². The van der Waals surface area contributed by atoms with Crippen molar-refractivity contribution in [3.63, 3.8) is 0 Å². The minimum Gasteiger partial charge on any atom is -0.280 e. The molecule has 0 aliphatic heterocycles. The van der Waals surface area contributed by atoms with Crippen molar-refractivity contribution in [2.45, 2.75) is 23.6 Å². The summed E-state index contributed by atoms with van der Waals surface area (Å²) in [5.41, 5.74) is 0.222. The van der Waals surface area contributed by atoms with Gasteiger partial charge < -0.3 is 0 Å². The standard InChI is InChI=1S/C16H18Cl2N2O4S2/c1-3-20(4-2)26(23,24)15-7-5-14(6-8-15)19-25(21,22)16-10-12(17)9-13(18)11-16/h5-11,19H,3-4H2,1-2H3. The third-order valence-corrected chi connectivity index (χ3v) is 7.46. The van der Waals surface area contributed by atoms with Crippen molar-refractivity contribution in [2.24, 2.45) is 0 Å². The van der Waals surface area contributed by atoms with Crippen molar-refractivity contribution in [3.8, 4) is 0 Å². The lowest BCUT2D eigenvalue weighted by Gasteiger charge is -2.18. The molecule has 0 aromatic heterocycles. The van der Waals surface area contributed by atoms with Crippen LogP contribution in [0.3, 0.4) is 0 Å². The Bertz CT molecular complexity index is 967. The van der Waals surface area contributed by atoms with Crippen molar-refractivity contribution in [2.75, 3.05) is 17.8 Å². The van der Waals surface area contributed by atoms with Crippen LogP contribution in [0, 0.1) is 0 Å². The van der Waals surface area contributed by atoms with E-state index < -0.39 is 20.0 Å². The number of nitrogens with zero attached hydrogens (tertiary/aromatic N) is 1. The van der Waals surface area contributed by atoms with Crippen molar-refractivity contribution in [3.05, 3.63) is 52.5 Å². The fraction of sp³-hybridized carbons (Fsp3) is 0.250. The number of halogens is 2. The summed E-state index contributed by atoms with van der Waals surface area (Å²) < 4.78 is 53.4. The Morgan fingerprint density at radius 1 is 0.846 bits per heavy atom. The van der Waals surface area contributed by atoms with Crippen molar-refractivity contribution >= 4 is 48.9 Å². The van der Waals surface area contributed by atoms with Crippen LogP contribution in [0.2, 0.25) is 10.0 Å². The van der Waals surface area contributed by atoms with Crippen LogP contribution in [0.5, 0.6) is 0 Å². The maximum absolute atomic E-state index is 12.4. The van der Waals surface area contributed by atoms with E-state index in [4.69, 9.17) is 23.2 Å². The number of hydrogen-bond acceptors (Lipinski definition) is 4. The first-order valence-corrected chi connectivity index (χ1v) is 11.4. The van der Waals surface area contributed by atoms with E-state index in [1.165, 1.54) is 46.8 Å². The van der Waals surface area contributed by atoms with Gasteiger partial charge in [-0.15, -0.1) is 0 Å². The summed E-state index contributed by atoms with van der Waals surface area (Å²) in [5.74, 6) is 0. The van der Waals surface area contributed by atoms with E-state index in [0.29, 0.717) is 13.1 Å². The van der Waals surface area contributed by atoms with Crippen LogP contribution in [-0.4, -0.2) is 34.2 Å². The topological polar surface area (TPSA) is 83.6 Å². The maximum Gasteiger partial charge on any atom is 0.261 e. The summed E-state index contributed by atoms with van der Waals surface area (Å²) in [6.45, 7) is 4.20. The average molecular weight is 437 g/mol. The van der Waals surface area contributed by atoms with Crippen LogP contribution in [0.15, 0.2) is 52.3 Å². The second kappa shape index (κ2) is 8.14. The molecular formula is C16H18Cl2N2O4S2. The molecule has 0 heterocycles. The van der Waals surface area contributed by atoms with E-state index in [0.717, 1.165) is 0 Å². The highest BCUT2D eigenvalue weighted by atomic mass is 35.5. The summed E-state index contributed by atoms with van der Waals surface area (Å²) in [6.07, 6.45) is 0. The lowest BCUT2D eigenvalue weighted by atomic mass is 10.3. The Hall–Kier alpha value is -1.32. The summed E-state index contributed by atoms with van der Waals surface area (Å²) in [5, 5.41) is 0.386. The van der Waals surface area contributed by atoms with Crippen molar-refractivity contribution < 1.29 is 16.8 Å². The molecular weight excluding hydrogens is 419 g/mol. The first-order valence-electron chi connectivity index (χ1n) is 7.69. The molecule has 142 valence electrons. The predicted molar refractivity (Wildman–Crippen MR) is 104 cm³/mol. The second-order valence-electron chi connectivity index (χ2n) is 5.32. The Balaban J connectivity index is 2.29. The van der Waals surface area contributed by atoms with Gasteiger partial charge in [0, 0.05) is 28.8 Å². The Kier molecular flexibility index (Phi) is 6.57. The number of nitrogens with one attached hydrogen (secondary N) is 1. The Morgan fingerprint density at radius 2 is 1.35 bits per heavy atom.